The molecule has 34 heavy (non-hydrogen) atoms. The number of aromatic nitrogens is 3. The van der Waals surface area contributed by atoms with Gasteiger partial charge in [-0.15, -0.1) is 0 Å². The van der Waals surface area contributed by atoms with E-state index < -0.39 is 0 Å². The van der Waals surface area contributed by atoms with E-state index in [1.807, 2.05) is 37.4 Å². The number of nitrogens with zero attached hydrogens (tertiary/aromatic N) is 4. The molecule has 0 spiro atoms. The van der Waals surface area contributed by atoms with Gasteiger partial charge in [0.15, 0.2) is 0 Å². The van der Waals surface area contributed by atoms with Crippen LogP contribution in [0.5, 0.6) is 0 Å². The fraction of sp³-hybridized carbons (Fsp3) is 0.321. The maximum Gasteiger partial charge on any atom is 0.253 e. The lowest BCUT2D eigenvalue weighted by Crippen LogP contribution is -2.31. The van der Waals surface area contributed by atoms with Crippen LogP contribution in [0.15, 0.2) is 64.7 Å². The van der Waals surface area contributed by atoms with E-state index in [1.54, 1.807) is 17.7 Å². The molecule has 6 heteroatoms. The zero-order chi connectivity index (χ0) is 24.4. The molecule has 0 bridgehead atoms. The van der Waals surface area contributed by atoms with E-state index in [9.17, 15) is 4.79 Å². The van der Waals surface area contributed by atoms with Crippen LogP contribution in [-0.4, -0.2) is 26.0 Å². The summed E-state index contributed by atoms with van der Waals surface area (Å²) in [5.41, 5.74) is 8.42. The number of aryl methyl sites for hydroxylation is 1. The van der Waals surface area contributed by atoms with Crippen LogP contribution in [0.1, 0.15) is 50.0 Å². The summed E-state index contributed by atoms with van der Waals surface area (Å²) < 4.78 is 1.63. The molecule has 176 valence electrons. The monoisotopic (exact) mass is 474 g/mol. The van der Waals surface area contributed by atoms with Gasteiger partial charge in [0.2, 0.25) is 0 Å². The first kappa shape index (κ1) is 24.0. The summed E-state index contributed by atoms with van der Waals surface area (Å²) in [7, 11) is 1.78. The van der Waals surface area contributed by atoms with Crippen LogP contribution in [0.25, 0.3) is 16.7 Å². The molecule has 0 radical (unpaired) electrons. The molecule has 1 aliphatic heterocycles. The van der Waals surface area contributed by atoms with Crippen LogP contribution >= 0.6 is 11.6 Å². The smallest absolute Gasteiger partial charge is 0.253 e. The lowest BCUT2D eigenvalue weighted by molar-refractivity contribution is 0.324. The molecule has 3 aromatic rings. The Labute approximate surface area is 206 Å². The average Bonchev–Trinajstić information content (AvgIpc) is 2.83. The summed E-state index contributed by atoms with van der Waals surface area (Å²) in [6.45, 7) is 9.85. The Kier molecular flexibility index (Phi) is 7.03. The Morgan fingerprint density at radius 3 is 2.71 bits per heavy atom. The van der Waals surface area contributed by atoms with E-state index in [2.05, 4.69) is 42.8 Å². The first-order chi connectivity index (χ1) is 16.3. The molecule has 0 saturated carbocycles. The van der Waals surface area contributed by atoms with E-state index in [4.69, 9.17) is 16.6 Å². The van der Waals surface area contributed by atoms with Crippen LogP contribution in [-0.2, 0) is 20.0 Å². The summed E-state index contributed by atoms with van der Waals surface area (Å²) in [5.74, 6) is 0.713. The van der Waals surface area contributed by atoms with Gasteiger partial charge < -0.3 is 4.90 Å². The van der Waals surface area contributed by atoms with E-state index >= 15 is 0 Å². The van der Waals surface area contributed by atoms with Gasteiger partial charge >= 0.3 is 0 Å². The minimum atomic E-state index is -0.0410. The highest BCUT2D eigenvalue weighted by Gasteiger charge is 2.22. The summed E-state index contributed by atoms with van der Waals surface area (Å²) in [6, 6.07) is 11.7. The lowest BCUT2D eigenvalue weighted by atomic mass is 9.98. The maximum absolute atomic E-state index is 12.4. The SMILES string of the molecule is CC/C=C(/C(C)=C(/C)c1nc(C)cc(=O)n1C)N1CCc2ncc(-c3ccccc3Cl)cc2C1. The third-order valence-electron chi connectivity index (χ3n) is 6.51. The highest BCUT2D eigenvalue weighted by atomic mass is 35.5. The molecular formula is C28H31ClN4O. The van der Waals surface area contributed by atoms with Crippen LogP contribution in [0, 0.1) is 6.92 Å². The normalized spacial score (nSPS) is 14.6. The number of pyridine rings is 1. The van der Waals surface area contributed by atoms with Crippen molar-refractivity contribution < 1.29 is 0 Å². The van der Waals surface area contributed by atoms with Gasteiger partial charge in [-0.3, -0.25) is 14.3 Å². The third-order valence-corrected chi connectivity index (χ3v) is 6.84. The Balaban J connectivity index is 1.71. The van der Waals surface area contributed by atoms with E-state index in [1.165, 1.54) is 11.3 Å². The molecule has 3 heterocycles. The van der Waals surface area contributed by atoms with Gasteiger partial charge in [-0.05, 0) is 56.0 Å². The van der Waals surface area contributed by atoms with Gasteiger partial charge in [0.25, 0.3) is 5.56 Å². The fourth-order valence-electron chi connectivity index (χ4n) is 4.54. The van der Waals surface area contributed by atoms with Gasteiger partial charge in [-0.2, -0.15) is 0 Å². The molecule has 2 aromatic heterocycles. The van der Waals surface area contributed by atoms with Crippen molar-refractivity contribution in [3.8, 4) is 11.1 Å². The molecule has 0 atom stereocenters. The van der Waals surface area contributed by atoms with Gasteiger partial charge in [-0.1, -0.05) is 42.8 Å². The second-order valence-corrected chi connectivity index (χ2v) is 9.25. The van der Waals surface area contributed by atoms with Crippen LogP contribution in [0.3, 0.4) is 0 Å². The van der Waals surface area contributed by atoms with E-state index in [0.29, 0.717) is 5.82 Å². The second-order valence-electron chi connectivity index (χ2n) is 8.85. The lowest BCUT2D eigenvalue weighted by Gasteiger charge is -2.33. The van der Waals surface area contributed by atoms with Gasteiger partial charge in [0, 0.05) is 72.1 Å². The molecule has 1 aliphatic rings. The van der Waals surface area contributed by atoms with Gasteiger partial charge in [-0.25, -0.2) is 4.98 Å². The highest BCUT2D eigenvalue weighted by molar-refractivity contribution is 6.33. The molecule has 0 amide bonds. The predicted molar refractivity (Wildman–Crippen MR) is 140 cm³/mol. The minimum Gasteiger partial charge on any atom is -0.367 e. The molecule has 0 aliphatic carbocycles. The van der Waals surface area contributed by atoms with Crippen molar-refractivity contribution in [1.82, 2.24) is 19.4 Å². The number of halogens is 1. The van der Waals surface area contributed by atoms with Crippen molar-refractivity contribution in [2.75, 3.05) is 6.54 Å². The molecule has 5 nitrogen and oxygen atoms in total. The standard InChI is InChI=1S/C28H31ClN4O/c1-6-9-26(19(3)20(4)28-31-18(2)14-27(34)32(28)5)33-13-12-25-22(17-33)15-21(16-30-25)23-10-7-8-11-24(23)29/h7-11,14-16H,6,12-13,17H2,1-5H3/b20-19-,26-9-. The number of hydrogen-bond donors (Lipinski definition) is 0. The molecule has 1 aromatic carbocycles. The summed E-state index contributed by atoms with van der Waals surface area (Å²) in [6.07, 6.45) is 5.99. The van der Waals surface area contributed by atoms with Crippen molar-refractivity contribution in [3.05, 3.63) is 98.1 Å². The van der Waals surface area contributed by atoms with E-state index in [0.717, 1.165) is 64.6 Å². The number of rotatable bonds is 5. The summed E-state index contributed by atoms with van der Waals surface area (Å²) >= 11 is 6.45. The highest BCUT2D eigenvalue weighted by Crippen LogP contribution is 2.32. The maximum atomic E-state index is 12.4. The molecule has 0 N–H and O–H groups in total. The minimum absolute atomic E-state index is 0.0410. The average molecular weight is 475 g/mol. The first-order valence-electron chi connectivity index (χ1n) is 11.7. The summed E-state index contributed by atoms with van der Waals surface area (Å²) in [4.78, 5) is 24.2. The number of allylic oxidation sites excluding steroid dienone is 3. The molecule has 4 rings (SSSR count). The van der Waals surface area contributed by atoms with Crippen LogP contribution in [0.2, 0.25) is 5.02 Å². The fourth-order valence-corrected chi connectivity index (χ4v) is 4.78. The molecule has 0 saturated heterocycles. The second kappa shape index (κ2) is 9.98. The third kappa shape index (κ3) is 4.71. The van der Waals surface area contributed by atoms with Crippen molar-refractivity contribution in [2.45, 2.75) is 47.1 Å². The predicted octanol–water partition coefficient (Wildman–Crippen LogP) is 5.95. The van der Waals surface area contributed by atoms with Gasteiger partial charge in [0.05, 0.1) is 0 Å². The van der Waals surface area contributed by atoms with Crippen molar-refractivity contribution in [3.63, 3.8) is 0 Å². The molecule has 0 fully saturated rings. The first-order valence-corrected chi connectivity index (χ1v) is 12.1. The van der Waals surface area contributed by atoms with Crippen molar-refractivity contribution >= 4 is 17.2 Å². The number of fused-ring (bicyclic) bond motifs is 1. The summed E-state index contributed by atoms with van der Waals surface area (Å²) in [5, 5.41) is 0.731. The molecule has 0 unspecified atom stereocenters. The number of hydrogen-bond acceptors (Lipinski definition) is 4. The Bertz CT molecular complexity index is 1350. The van der Waals surface area contributed by atoms with Crippen LogP contribution < -0.4 is 5.56 Å². The Morgan fingerprint density at radius 1 is 1.21 bits per heavy atom. The van der Waals surface area contributed by atoms with Crippen LogP contribution in [0.4, 0.5) is 0 Å². The van der Waals surface area contributed by atoms with Crippen molar-refractivity contribution in [1.29, 1.82) is 0 Å². The topological polar surface area (TPSA) is 51.0 Å². The van der Waals surface area contributed by atoms with Crippen molar-refractivity contribution in [2.24, 2.45) is 7.05 Å². The Hall–Kier alpha value is -3.18. The number of benzene rings is 1. The Morgan fingerprint density at radius 2 is 1.97 bits per heavy atom. The quantitative estimate of drug-likeness (QED) is 0.429. The largest absolute Gasteiger partial charge is 0.367 e. The van der Waals surface area contributed by atoms with Gasteiger partial charge in [0.1, 0.15) is 5.82 Å². The zero-order valence-electron chi connectivity index (χ0n) is 20.5. The van der Waals surface area contributed by atoms with E-state index in [-0.39, 0.29) is 5.56 Å². The molecular weight excluding hydrogens is 444 g/mol. The zero-order valence-corrected chi connectivity index (χ0v) is 21.3.